The maximum Gasteiger partial charge on any atom is 0.130 e. The number of aromatic nitrogens is 3. The van der Waals surface area contributed by atoms with Crippen LogP contribution in [0.1, 0.15) is 17.1 Å². The fraction of sp³-hybridized carbons (Fsp3) is 0.136. The lowest BCUT2D eigenvalue weighted by atomic mass is 10.1. The molecule has 5 heteroatoms. The van der Waals surface area contributed by atoms with E-state index in [1.807, 2.05) is 31.2 Å². The van der Waals surface area contributed by atoms with Gasteiger partial charge < -0.3 is 5.32 Å². The molecule has 1 N–H and O–H groups in total. The van der Waals surface area contributed by atoms with Crippen molar-refractivity contribution in [1.82, 2.24) is 15.0 Å². The second kappa shape index (κ2) is 7.68. The van der Waals surface area contributed by atoms with Crippen molar-refractivity contribution >= 4 is 17.2 Å². The minimum Gasteiger partial charge on any atom is -0.364 e. The highest BCUT2D eigenvalue weighted by atomic mass is 32.1. The van der Waals surface area contributed by atoms with Gasteiger partial charge in [-0.1, -0.05) is 54.6 Å². The van der Waals surface area contributed by atoms with E-state index in [1.54, 1.807) is 11.3 Å². The van der Waals surface area contributed by atoms with Crippen LogP contribution in [0.2, 0.25) is 0 Å². The van der Waals surface area contributed by atoms with E-state index in [2.05, 4.69) is 64.0 Å². The maximum absolute atomic E-state index is 4.77. The molecule has 0 spiro atoms. The molecule has 27 heavy (non-hydrogen) atoms. The number of hydrogen-bond acceptors (Lipinski definition) is 5. The number of hydrogen-bond donors (Lipinski definition) is 1. The first-order valence-corrected chi connectivity index (χ1v) is 9.72. The minimum atomic E-state index is 0.632. The van der Waals surface area contributed by atoms with Gasteiger partial charge in [-0.15, -0.1) is 11.3 Å². The van der Waals surface area contributed by atoms with Crippen molar-refractivity contribution in [3.8, 4) is 21.8 Å². The van der Waals surface area contributed by atoms with Gasteiger partial charge >= 0.3 is 0 Å². The summed E-state index contributed by atoms with van der Waals surface area (Å²) in [5, 5.41) is 6.53. The summed E-state index contributed by atoms with van der Waals surface area (Å²) >= 11 is 1.67. The second-order valence-corrected chi connectivity index (χ2v) is 7.22. The zero-order valence-electron chi connectivity index (χ0n) is 15.3. The third-order valence-corrected chi connectivity index (χ3v) is 5.21. The van der Waals surface area contributed by atoms with E-state index in [-0.39, 0.29) is 0 Å². The quantitative estimate of drug-likeness (QED) is 0.503. The fourth-order valence-electron chi connectivity index (χ4n) is 2.92. The first kappa shape index (κ1) is 17.4. The normalized spacial score (nSPS) is 10.7. The van der Waals surface area contributed by atoms with E-state index in [4.69, 9.17) is 4.98 Å². The van der Waals surface area contributed by atoms with Gasteiger partial charge in [-0.25, -0.2) is 15.0 Å². The molecule has 0 unspecified atom stereocenters. The molecule has 2 aromatic heterocycles. The van der Waals surface area contributed by atoms with Crippen molar-refractivity contribution in [3.05, 3.63) is 83.1 Å². The summed E-state index contributed by atoms with van der Waals surface area (Å²) in [6, 6.07) is 20.5. The number of anilines is 1. The predicted octanol–water partition coefficient (Wildman–Crippen LogP) is 5.50. The van der Waals surface area contributed by atoms with Crippen molar-refractivity contribution in [3.63, 3.8) is 0 Å². The minimum absolute atomic E-state index is 0.632. The molecule has 0 aliphatic carbocycles. The van der Waals surface area contributed by atoms with Crippen LogP contribution in [0.4, 0.5) is 5.82 Å². The maximum atomic E-state index is 4.77. The van der Waals surface area contributed by atoms with Gasteiger partial charge in [0.15, 0.2) is 0 Å². The van der Waals surface area contributed by atoms with E-state index in [9.17, 15) is 0 Å². The van der Waals surface area contributed by atoms with Crippen LogP contribution < -0.4 is 5.32 Å². The van der Waals surface area contributed by atoms with Crippen LogP contribution in [-0.2, 0) is 6.54 Å². The molecule has 4 nitrogen and oxygen atoms in total. The van der Waals surface area contributed by atoms with Gasteiger partial charge in [-0.05, 0) is 19.4 Å². The van der Waals surface area contributed by atoms with Crippen LogP contribution in [0, 0.1) is 13.8 Å². The molecular formula is C22H20N4S. The Morgan fingerprint density at radius 3 is 2.48 bits per heavy atom. The molecule has 0 saturated carbocycles. The molecule has 0 atom stereocenters. The molecule has 0 aliphatic heterocycles. The van der Waals surface area contributed by atoms with E-state index >= 15 is 0 Å². The molecular weight excluding hydrogens is 352 g/mol. The first-order valence-electron chi connectivity index (χ1n) is 8.84. The summed E-state index contributed by atoms with van der Waals surface area (Å²) in [7, 11) is 0. The van der Waals surface area contributed by atoms with Crippen molar-refractivity contribution in [1.29, 1.82) is 0 Å². The van der Waals surface area contributed by atoms with Crippen LogP contribution >= 0.6 is 11.3 Å². The van der Waals surface area contributed by atoms with Crippen LogP contribution in [0.5, 0.6) is 0 Å². The van der Waals surface area contributed by atoms with Crippen molar-refractivity contribution in [2.24, 2.45) is 0 Å². The number of nitrogens with one attached hydrogen (secondary N) is 1. The molecule has 2 heterocycles. The third-order valence-electron chi connectivity index (χ3n) is 4.29. The Morgan fingerprint density at radius 2 is 1.67 bits per heavy atom. The average Bonchev–Trinajstić information content (AvgIpc) is 3.16. The predicted molar refractivity (Wildman–Crippen MR) is 112 cm³/mol. The highest BCUT2D eigenvalue weighted by Crippen LogP contribution is 2.27. The molecule has 134 valence electrons. The molecule has 0 saturated heterocycles. The standard InChI is InChI=1S/C22H20N4S/c1-15-8-6-7-11-19(15)22-26-18(14-27-22)13-23-21-12-20(24-16(2)25-21)17-9-4-3-5-10-17/h3-12,14H,13H2,1-2H3,(H,23,24,25). The van der Waals surface area contributed by atoms with Crippen LogP contribution in [0.15, 0.2) is 66.0 Å². The molecule has 4 rings (SSSR count). The summed E-state index contributed by atoms with van der Waals surface area (Å²) in [5.41, 5.74) is 5.45. The summed E-state index contributed by atoms with van der Waals surface area (Å²) in [4.78, 5) is 13.8. The van der Waals surface area contributed by atoms with Gasteiger partial charge in [0.25, 0.3) is 0 Å². The Morgan fingerprint density at radius 1 is 0.889 bits per heavy atom. The zero-order valence-corrected chi connectivity index (χ0v) is 16.1. The molecule has 0 amide bonds. The highest BCUT2D eigenvalue weighted by molar-refractivity contribution is 7.13. The van der Waals surface area contributed by atoms with Crippen LogP contribution in [0.25, 0.3) is 21.8 Å². The van der Waals surface area contributed by atoms with E-state index in [0.29, 0.717) is 6.54 Å². The van der Waals surface area contributed by atoms with Gasteiger partial charge in [0.1, 0.15) is 16.6 Å². The van der Waals surface area contributed by atoms with Gasteiger partial charge in [0.05, 0.1) is 17.9 Å². The zero-order chi connectivity index (χ0) is 18.6. The lowest BCUT2D eigenvalue weighted by molar-refractivity contribution is 1.01. The van der Waals surface area contributed by atoms with Crippen molar-refractivity contribution in [2.45, 2.75) is 20.4 Å². The average molecular weight is 372 g/mol. The van der Waals surface area contributed by atoms with Gasteiger partial charge in [-0.2, -0.15) is 0 Å². The van der Waals surface area contributed by atoms with Crippen LogP contribution in [-0.4, -0.2) is 15.0 Å². The Balaban J connectivity index is 1.51. The van der Waals surface area contributed by atoms with Crippen molar-refractivity contribution < 1.29 is 0 Å². The molecule has 4 aromatic rings. The largest absolute Gasteiger partial charge is 0.364 e. The molecule has 0 radical (unpaired) electrons. The Kier molecular flexibility index (Phi) is 4.94. The van der Waals surface area contributed by atoms with E-state index in [0.717, 1.165) is 33.6 Å². The van der Waals surface area contributed by atoms with Gasteiger partial charge in [0.2, 0.25) is 0 Å². The highest BCUT2D eigenvalue weighted by Gasteiger charge is 2.08. The lowest BCUT2D eigenvalue weighted by Gasteiger charge is -2.08. The number of benzene rings is 2. The number of nitrogens with zero attached hydrogens (tertiary/aromatic N) is 3. The number of aryl methyl sites for hydroxylation is 2. The smallest absolute Gasteiger partial charge is 0.130 e. The van der Waals surface area contributed by atoms with E-state index in [1.165, 1.54) is 11.1 Å². The Hall–Kier alpha value is -3.05. The summed E-state index contributed by atoms with van der Waals surface area (Å²) in [6.45, 7) is 4.66. The molecule has 0 aliphatic rings. The van der Waals surface area contributed by atoms with E-state index < -0.39 is 0 Å². The van der Waals surface area contributed by atoms with Gasteiger partial charge in [0, 0.05) is 22.6 Å². The lowest BCUT2D eigenvalue weighted by Crippen LogP contribution is -2.04. The molecule has 2 aromatic carbocycles. The summed E-state index contributed by atoms with van der Waals surface area (Å²) in [6.07, 6.45) is 0. The SMILES string of the molecule is Cc1nc(NCc2csc(-c3ccccc3C)n2)cc(-c2ccccc2)n1. The Bertz CT molecular complexity index is 1060. The summed E-state index contributed by atoms with van der Waals surface area (Å²) < 4.78 is 0. The monoisotopic (exact) mass is 372 g/mol. The third kappa shape index (κ3) is 4.04. The van der Waals surface area contributed by atoms with Crippen LogP contribution in [0.3, 0.4) is 0 Å². The molecule has 0 bridgehead atoms. The molecule has 0 fully saturated rings. The Labute approximate surface area is 163 Å². The summed E-state index contributed by atoms with van der Waals surface area (Å²) in [5.74, 6) is 1.56. The topological polar surface area (TPSA) is 50.7 Å². The second-order valence-electron chi connectivity index (χ2n) is 6.36. The first-order chi connectivity index (χ1) is 13.2. The van der Waals surface area contributed by atoms with Gasteiger partial charge in [-0.3, -0.25) is 0 Å². The number of rotatable bonds is 5. The van der Waals surface area contributed by atoms with Crippen molar-refractivity contribution in [2.75, 3.05) is 5.32 Å². The fourth-order valence-corrected chi connectivity index (χ4v) is 3.83. The number of thiazole rings is 1.